The van der Waals surface area contributed by atoms with Crippen molar-refractivity contribution in [2.75, 3.05) is 5.32 Å². The van der Waals surface area contributed by atoms with Gasteiger partial charge in [0.1, 0.15) is 17.2 Å². The first-order valence-electron chi connectivity index (χ1n) is 15.0. The molecule has 44 heavy (non-hydrogen) atoms. The first-order chi connectivity index (χ1) is 21.3. The Kier molecular flexibility index (Phi) is 5.97. The highest BCUT2D eigenvalue weighted by Crippen LogP contribution is 2.44. The van der Waals surface area contributed by atoms with E-state index in [0.29, 0.717) is 17.2 Å². The number of carboxylic acid groups (broad SMARTS) is 1. The van der Waals surface area contributed by atoms with Gasteiger partial charge in [-0.05, 0) is 97.6 Å². The van der Waals surface area contributed by atoms with E-state index in [-0.39, 0.29) is 29.2 Å². The number of hydrogen-bond donors (Lipinski definition) is 3. The second-order valence-electron chi connectivity index (χ2n) is 12.1. The molecule has 0 aromatic carbocycles. The zero-order chi connectivity index (χ0) is 30.1. The van der Waals surface area contributed by atoms with Crippen molar-refractivity contribution in [2.45, 2.75) is 57.4 Å². The predicted molar refractivity (Wildman–Crippen MR) is 163 cm³/mol. The molecule has 4 aliphatic rings. The number of rotatable bonds is 3. The first kappa shape index (κ1) is 26.4. The van der Waals surface area contributed by atoms with Crippen LogP contribution in [0.3, 0.4) is 0 Å². The summed E-state index contributed by atoms with van der Waals surface area (Å²) in [7, 11) is 0. The summed E-state index contributed by atoms with van der Waals surface area (Å²) in [5.74, 6) is -0.389. The number of Topliss-reactive ketones (excluding diaryl/α,β-unsaturated/α-hetero) is 1. The highest BCUT2D eigenvalue weighted by Gasteiger charge is 2.36. The van der Waals surface area contributed by atoms with E-state index >= 15 is 0 Å². The summed E-state index contributed by atoms with van der Waals surface area (Å²) in [5.41, 5.74) is 10.9. The highest BCUT2D eigenvalue weighted by molar-refractivity contribution is 6.01. The summed E-state index contributed by atoms with van der Waals surface area (Å²) >= 11 is 0. The number of nitrogens with zero attached hydrogens (tertiary/aromatic N) is 3. The van der Waals surface area contributed by atoms with Crippen LogP contribution >= 0.6 is 0 Å². The van der Waals surface area contributed by atoms with Crippen molar-refractivity contribution in [2.24, 2.45) is 0 Å². The molecule has 5 heterocycles. The molecule has 0 radical (unpaired) electrons. The molecule has 1 aliphatic heterocycles. The zero-order valence-electron chi connectivity index (χ0n) is 24.1. The van der Waals surface area contributed by atoms with Crippen molar-refractivity contribution in [3.63, 3.8) is 0 Å². The molecular weight excluding hydrogens is 554 g/mol. The van der Waals surface area contributed by atoms with Crippen molar-refractivity contribution in [3.05, 3.63) is 110 Å². The monoisotopic (exact) mass is 584 g/mol. The van der Waals surface area contributed by atoms with Crippen LogP contribution in [-0.2, 0) is 25.7 Å². The van der Waals surface area contributed by atoms with Gasteiger partial charge in [0.2, 0.25) is 5.69 Å². The number of allylic oxidation sites excluding steroid dienone is 1. The van der Waals surface area contributed by atoms with Crippen LogP contribution in [0.5, 0.6) is 0 Å². The van der Waals surface area contributed by atoms with Crippen LogP contribution in [0.15, 0.2) is 53.9 Å². The van der Waals surface area contributed by atoms with E-state index in [4.69, 9.17) is 9.97 Å². The number of carbonyl (C=O) groups is 2. The Balaban J connectivity index is 1.14. The minimum atomic E-state index is -1.06. The zero-order valence-corrected chi connectivity index (χ0v) is 24.1. The van der Waals surface area contributed by atoms with Gasteiger partial charge in [0.15, 0.2) is 12.0 Å². The Labute approximate surface area is 253 Å². The molecule has 2 unspecified atom stereocenters. The number of hydrogen-bond acceptors (Lipinski definition) is 7. The number of aromatic amines is 1. The lowest BCUT2D eigenvalue weighted by molar-refractivity contribution is -0.381. The topological polar surface area (TPSA) is 139 Å². The molecule has 9 heteroatoms. The summed E-state index contributed by atoms with van der Waals surface area (Å²) in [6.45, 7) is 1.62. The van der Waals surface area contributed by atoms with Crippen LogP contribution < -0.4 is 10.3 Å². The second-order valence-corrected chi connectivity index (χ2v) is 12.1. The number of nitrogens with one attached hydrogen (secondary N) is 2. The summed E-state index contributed by atoms with van der Waals surface area (Å²) in [6.07, 6.45) is 10.6. The first-order valence-corrected chi connectivity index (χ1v) is 15.0. The molecule has 0 saturated heterocycles. The molecule has 0 spiro atoms. The van der Waals surface area contributed by atoms with Gasteiger partial charge in [0, 0.05) is 23.3 Å². The molecule has 0 amide bonds. The average Bonchev–Trinajstić information content (AvgIpc) is 3.02. The van der Waals surface area contributed by atoms with Gasteiger partial charge < -0.3 is 15.5 Å². The minimum absolute atomic E-state index is 0.00958. The number of carboxylic acids is 1. The highest BCUT2D eigenvalue weighted by atomic mass is 16.4. The Hall–Kier alpha value is -5.18. The van der Waals surface area contributed by atoms with E-state index in [0.717, 1.165) is 89.0 Å². The average molecular weight is 585 g/mol. The van der Waals surface area contributed by atoms with Crippen molar-refractivity contribution < 1.29 is 24.8 Å². The second kappa shape index (κ2) is 9.94. The third kappa shape index (κ3) is 4.30. The van der Waals surface area contributed by atoms with Gasteiger partial charge in [-0.15, -0.1) is 0 Å². The SMILES string of the molecule is C/C(O)=C/c1ccc(C2CCc3cc4c(nc3C2=O)C2Nc3nc5c(cc3C=C2CC4)CCc2ccc(C(=O)O)nc2-5)c[nH+]1. The van der Waals surface area contributed by atoms with Crippen molar-refractivity contribution in [1.82, 2.24) is 15.0 Å². The van der Waals surface area contributed by atoms with Gasteiger partial charge in [-0.2, -0.15) is 0 Å². The van der Waals surface area contributed by atoms with Gasteiger partial charge in [-0.25, -0.2) is 24.7 Å². The summed E-state index contributed by atoms with van der Waals surface area (Å²) in [6, 6.07) is 11.3. The van der Waals surface area contributed by atoms with Crippen molar-refractivity contribution in [3.8, 4) is 11.4 Å². The number of H-pyrrole nitrogens is 1. The maximum atomic E-state index is 13.9. The quantitative estimate of drug-likeness (QED) is 0.269. The molecule has 218 valence electrons. The number of aliphatic hydroxyl groups excluding tert-OH is 1. The molecule has 4 aromatic rings. The summed E-state index contributed by atoms with van der Waals surface area (Å²) < 4.78 is 0. The molecular formula is C35H30N5O4+. The molecule has 4 N–H and O–H groups in total. The van der Waals surface area contributed by atoms with Crippen molar-refractivity contribution >= 4 is 29.7 Å². The fraction of sp³-hybridized carbons (Fsp3) is 0.257. The van der Waals surface area contributed by atoms with Gasteiger partial charge in [-0.1, -0.05) is 12.1 Å². The molecule has 0 fully saturated rings. The number of fused-ring (bicyclic) bond motifs is 8. The van der Waals surface area contributed by atoms with Crippen LogP contribution in [0.2, 0.25) is 0 Å². The minimum Gasteiger partial charge on any atom is -0.512 e. The van der Waals surface area contributed by atoms with Gasteiger partial charge in [0.05, 0.1) is 34.8 Å². The summed E-state index contributed by atoms with van der Waals surface area (Å²) in [5, 5.41) is 22.7. The Morgan fingerprint density at radius 1 is 0.909 bits per heavy atom. The number of anilines is 1. The lowest BCUT2D eigenvalue weighted by atomic mass is 9.78. The fourth-order valence-electron chi connectivity index (χ4n) is 7.09. The number of ketones is 1. The van der Waals surface area contributed by atoms with Crippen LogP contribution in [-0.4, -0.2) is 36.9 Å². The Morgan fingerprint density at radius 2 is 1.70 bits per heavy atom. The normalized spacial score (nSPS) is 19.7. The molecule has 4 aromatic heterocycles. The molecule has 0 bridgehead atoms. The van der Waals surface area contributed by atoms with Crippen LogP contribution in [0.1, 0.15) is 97.5 Å². The smallest absolute Gasteiger partial charge is 0.354 e. The molecule has 2 atom stereocenters. The number of aliphatic hydroxyl groups is 1. The van der Waals surface area contributed by atoms with E-state index in [1.54, 1.807) is 19.1 Å². The third-order valence-electron chi connectivity index (χ3n) is 9.26. The number of aromatic carboxylic acids is 1. The van der Waals surface area contributed by atoms with Crippen LogP contribution in [0.25, 0.3) is 23.5 Å². The van der Waals surface area contributed by atoms with Crippen LogP contribution in [0.4, 0.5) is 5.82 Å². The molecule has 9 nitrogen and oxygen atoms in total. The fourth-order valence-corrected chi connectivity index (χ4v) is 7.09. The number of aromatic nitrogens is 4. The van der Waals surface area contributed by atoms with Gasteiger partial charge >= 0.3 is 5.97 Å². The number of aryl methyl sites for hydroxylation is 4. The molecule has 0 saturated carbocycles. The molecule has 8 rings (SSSR count). The van der Waals surface area contributed by atoms with Gasteiger partial charge in [0.25, 0.3) is 0 Å². The van der Waals surface area contributed by atoms with Crippen LogP contribution in [0, 0.1) is 0 Å². The van der Waals surface area contributed by atoms with Crippen molar-refractivity contribution in [1.29, 1.82) is 0 Å². The molecule has 3 aliphatic carbocycles. The van der Waals surface area contributed by atoms with E-state index in [1.165, 1.54) is 5.57 Å². The predicted octanol–water partition coefficient (Wildman–Crippen LogP) is 5.48. The standard InChI is InChI=1S/C35H29N5O4/c1-17(41)12-25-9-6-23(16-36-25)26-10-7-22-13-19-4-5-21-15-24-14-20-3-2-18-8-11-27(35(43)44)37-28(18)30(20)39-34(24)40-31(21)29(19)38-32(22)33(26)42/h6,8-9,11-16,26,31,41H,2-5,7,10H2,1H3,(H,39,40)(H,43,44)/p+1/b17-12-. The third-order valence-corrected chi connectivity index (χ3v) is 9.26. The Bertz CT molecular complexity index is 1970. The largest absolute Gasteiger partial charge is 0.512 e. The maximum absolute atomic E-state index is 13.9. The lowest BCUT2D eigenvalue weighted by Gasteiger charge is -2.34. The maximum Gasteiger partial charge on any atom is 0.354 e. The summed E-state index contributed by atoms with van der Waals surface area (Å²) in [4.78, 5) is 43.2. The van der Waals surface area contributed by atoms with E-state index in [1.807, 2.05) is 24.4 Å². The Morgan fingerprint density at radius 3 is 2.50 bits per heavy atom. The number of pyridine rings is 4. The van der Waals surface area contributed by atoms with E-state index in [2.05, 4.69) is 33.5 Å². The van der Waals surface area contributed by atoms with Gasteiger partial charge in [-0.3, -0.25) is 4.79 Å². The van der Waals surface area contributed by atoms with E-state index < -0.39 is 5.97 Å². The lowest BCUT2D eigenvalue weighted by Crippen LogP contribution is -2.29. The number of carbonyl (C=O) groups excluding carboxylic acids is 1. The van der Waals surface area contributed by atoms with E-state index in [9.17, 15) is 19.8 Å².